The highest BCUT2D eigenvalue weighted by Crippen LogP contribution is 2.33. The molecule has 2 fully saturated rings. The van der Waals surface area contributed by atoms with Gasteiger partial charge in [0.2, 0.25) is 0 Å². The largest absolute Gasteiger partial charge is 0.472 e. The molecule has 1 aliphatic heterocycles. The zero-order chi connectivity index (χ0) is 18.1. The number of nitrogens with one attached hydrogen (secondary N) is 2. The number of hydrogen-bond donors (Lipinski definition) is 2. The van der Waals surface area contributed by atoms with Crippen LogP contribution in [-0.2, 0) is 0 Å². The van der Waals surface area contributed by atoms with Crippen molar-refractivity contribution in [2.24, 2.45) is 0 Å². The third-order valence-electron chi connectivity index (χ3n) is 5.06. The molecule has 0 unspecified atom stereocenters. The standard InChI is InChI=1S/C19H22N6OS/c1-2-4-16-15(3-1)24-19(27-16)23-13-11-14(12-13)26-18-17(21-5-6-22-18)25-9-7-20-8-10-25/h1-6,13-14,20H,7-12H2,(H,23,24)/t13-,14+. The van der Waals surface area contributed by atoms with Crippen LogP contribution in [-0.4, -0.2) is 53.3 Å². The second-order valence-electron chi connectivity index (χ2n) is 6.96. The molecular formula is C19H22N6OS. The molecule has 140 valence electrons. The van der Waals surface area contributed by atoms with Gasteiger partial charge in [-0.15, -0.1) is 0 Å². The second kappa shape index (κ2) is 7.28. The van der Waals surface area contributed by atoms with Gasteiger partial charge in [-0.05, 0) is 12.1 Å². The average Bonchev–Trinajstić information content (AvgIpc) is 3.10. The minimum atomic E-state index is 0.176. The first-order valence-corrected chi connectivity index (χ1v) is 10.2. The van der Waals surface area contributed by atoms with Gasteiger partial charge in [0.1, 0.15) is 6.10 Å². The van der Waals surface area contributed by atoms with Crippen LogP contribution in [0.4, 0.5) is 10.9 Å². The predicted octanol–water partition coefficient (Wildman–Crippen LogP) is 2.52. The Bertz CT molecular complexity index is 886. The third-order valence-corrected chi connectivity index (χ3v) is 6.03. The zero-order valence-corrected chi connectivity index (χ0v) is 15.8. The fourth-order valence-corrected chi connectivity index (χ4v) is 4.48. The Morgan fingerprint density at radius 1 is 1.11 bits per heavy atom. The van der Waals surface area contributed by atoms with Crippen molar-refractivity contribution in [2.45, 2.75) is 25.0 Å². The summed E-state index contributed by atoms with van der Waals surface area (Å²) in [6, 6.07) is 8.63. The number of thiazole rings is 1. The summed E-state index contributed by atoms with van der Waals surface area (Å²) in [4.78, 5) is 15.8. The predicted molar refractivity (Wildman–Crippen MR) is 108 cm³/mol. The number of para-hydroxylation sites is 1. The van der Waals surface area contributed by atoms with Gasteiger partial charge in [0.15, 0.2) is 10.9 Å². The van der Waals surface area contributed by atoms with Crippen LogP contribution in [0.1, 0.15) is 12.8 Å². The summed E-state index contributed by atoms with van der Waals surface area (Å²) in [5.74, 6) is 1.52. The molecule has 1 saturated heterocycles. The number of ether oxygens (including phenoxy) is 1. The highest BCUT2D eigenvalue weighted by molar-refractivity contribution is 7.22. The molecule has 2 N–H and O–H groups in total. The molecule has 0 bridgehead atoms. The van der Waals surface area contributed by atoms with Crippen LogP contribution in [0.2, 0.25) is 0 Å². The van der Waals surface area contributed by atoms with Gasteiger partial charge in [-0.3, -0.25) is 0 Å². The molecule has 1 saturated carbocycles. The molecule has 3 aromatic rings. The monoisotopic (exact) mass is 382 g/mol. The van der Waals surface area contributed by atoms with Gasteiger partial charge in [0, 0.05) is 57.5 Å². The maximum absolute atomic E-state index is 6.17. The lowest BCUT2D eigenvalue weighted by molar-refractivity contribution is 0.103. The lowest BCUT2D eigenvalue weighted by atomic mass is 9.89. The summed E-state index contributed by atoms with van der Waals surface area (Å²) in [6.07, 6.45) is 5.52. The number of benzene rings is 1. The molecular weight excluding hydrogens is 360 g/mol. The molecule has 0 atom stereocenters. The Morgan fingerprint density at radius 2 is 1.93 bits per heavy atom. The van der Waals surface area contributed by atoms with E-state index >= 15 is 0 Å². The number of anilines is 2. The molecule has 2 aromatic heterocycles. The fourth-order valence-electron chi connectivity index (χ4n) is 3.54. The molecule has 7 nitrogen and oxygen atoms in total. The number of aromatic nitrogens is 3. The Morgan fingerprint density at radius 3 is 2.78 bits per heavy atom. The minimum Gasteiger partial charge on any atom is -0.472 e. The summed E-state index contributed by atoms with van der Waals surface area (Å²) >= 11 is 1.70. The second-order valence-corrected chi connectivity index (χ2v) is 7.99. The number of piperazine rings is 1. The minimum absolute atomic E-state index is 0.176. The van der Waals surface area contributed by atoms with E-state index in [1.807, 2.05) is 12.1 Å². The van der Waals surface area contributed by atoms with Gasteiger partial charge >= 0.3 is 0 Å². The maximum atomic E-state index is 6.17. The van der Waals surface area contributed by atoms with E-state index in [1.165, 1.54) is 4.70 Å². The van der Waals surface area contributed by atoms with Gasteiger partial charge in [-0.2, -0.15) is 0 Å². The Kier molecular flexibility index (Phi) is 4.51. The van der Waals surface area contributed by atoms with Crippen molar-refractivity contribution in [3.8, 4) is 5.88 Å². The Labute approximate surface area is 161 Å². The van der Waals surface area contributed by atoms with E-state index in [2.05, 4.69) is 42.6 Å². The van der Waals surface area contributed by atoms with E-state index < -0.39 is 0 Å². The van der Waals surface area contributed by atoms with Crippen LogP contribution in [0.15, 0.2) is 36.7 Å². The smallest absolute Gasteiger partial charge is 0.257 e. The lowest BCUT2D eigenvalue weighted by Gasteiger charge is -2.36. The molecule has 0 spiro atoms. The van der Waals surface area contributed by atoms with Crippen LogP contribution < -0.4 is 20.3 Å². The van der Waals surface area contributed by atoms with Crippen molar-refractivity contribution in [1.82, 2.24) is 20.3 Å². The molecule has 1 aliphatic carbocycles. The van der Waals surface area contributed by atoms with Gasteiger partial charge in [0.25, 0.3) is 5.88 Å². The Hall–Kier alpha value is -2.45. The first kappa shape index (κ1) is 16.7. The van der Waals surface area contributed by atoms with Gasteiger partial charge < -0.3 is 20.3 Å². The highest BCUT2D eigenvalue weighted by Gasteiger charge is 2.33. The van der Waals surface area contributed by atoms with Crippen molar-refractivity contribution >= 4 is 32.5 Å². The summed E-state index contributed by atoms with van der Waals surface area (Å²) in [6.45, 7) is 3.80. The number of hydrogen-bond acceptors (Lipinski definition) is 8. The molecule has 8 heteroatoms. The van der Waals surface area contributed by atoms with Crippen molar-refractivity contribution < 1.29 is 4.74 Å². The summed E-state index contributed by atoms with van der Waals surface area (Å²) in [5, 5.41) is 7.88. The van der Waals surface area contributed by atoms with Crippen LogP contribution in [0, 0.1) is 0 Å². The van der Waals surface area contributed by atoms with Gasteiger partial charge in [0.05, 0.1) is 10.2 Å². The number of nitrogens with zero attached hydrogens (tertiary/aromatic N) is 4. The highest BCUT2D eigenvalue weighted by atomic mass is 32.1. The number of fused-ring (bicyclic) bond motifs is 1. The fraction of sp³-hybridized carbons (Fsp3) is 0.421. The van der Waals surface area contributed by atoms with Crippen LogP contribution in [0.25, 0.3) is 10.2 Å². The van der Waals surface area contributed by atoms with E-state index in [-0.39, 0.29) is 6.10 Å². The first-order valence-electron chi connectivity index (χ1n) is 9.40. The Balaban J connectivity index is 1.19. The first-order chi connectivity index (χ1) is 13.3. The topological polar surface area (TPSA) is 75.2 Å². The van der Waals surface area contributed by atoms with Crippen LogP contribution in [0.3, 0.4) is 0 Å². The lowest BCUT2D eigenvalue weighted by Crippen LogP contribution is -2.45. The zero-order valence-electron chi connectivity index (χ0n) is 15.0. The molecule has 27 heavy (non-hydrogen) atoms. The summed E-state index contributed by atoms with van der Waals surface area (Å²) in [7, 11) is 0. The SMILES string of the molecule is c1ccc2sc(N[C@H]3C[C@@H](Oc4nccnc4N4CCNCC4)C3)nc2c1. The molecule has 0 amide bonds. The van der Waals surface area contributed by atoms with Gasteiger partial charge in [-0.1, -0.05) is 23.5 Å². The maximum Gasteiger partial charge on any atom is 0.257 e. The van der Waals surface area contributed by atoms with Crippen molar-refractivity contribution in [3.05, 3.63) is 36.7 Å². The van der Waals surface area contributed by atoms with E-state index in [4.69, 9.17) is 4.74 Å². The summed E-state index contributed by atoms with van der Waals surface area (Å²) < 4.78 is 7.38. The molecule has 3 heterocycles. The quantitative estimate of drug-likeness (QED) is 0.702. The molecule has 2 aliphatic rings. The van der Waals surface area contributed by atoms with E-state index in [1.54, 1.807) is 23.7 Å². The van der Waals surface area contributed by atoms with E-state index in [0.29, 0.717) is 11.9 Å². The van der Waals surface area contributed by atoms with Crippen molar-refractivity contribution in [2.75, 3.05) is 36.4 Å². The molecule has 0 radical (unpaired) electrons. The van der Waals surface area contributed by atoms with Gasteiger partial charge in [-0.25, -0.2) is 15.0 Å². The normalized spacial score (nSPS) is 22.4. The average molecular weight is 382 g/mol. The van der Waals surface area contributed by atoms with Crippen LogP contribution in [0.5, 0.6) is 5.88 Å². The van der Waals surface area contributed by atoms with Crippen LogP contribution >= 0.6 is 11.3 Å². The van der Waals surface area contributed by atoms with Crippen molar-refractivity contribution in [3.63, 3.8) is 0 Å². The number of rotatable bonds is 5. The van der Waals surface area contributed by atoms with E-state index in [0.717, 1.165) is 55.5 Å². The molecule has 1 aromatic carbocycles. The van der Waals surface area contributed by atoms with E-state index in [9.17, 15) is 0 Å². The van der Waals surface area contributed by atoms with Crippen molar-refractivity contribution in [1.29, 1.82) is 0 Å². The third kappa shape index (κ3) is 3.54. The summed E-state index contributed by atoms with van der Waals surface area (Å²) in [5.41, 5.74) is 1.05. The molecule has 5 rings (SSSR count).